The third kappa shape index (κ3) is 3.98. The largest absolute Gasteiger partial charge is 0.340 e. The molecule has 0 aliphatic carbocycles. The average molecular weight is 386 g/mol. The normalized spacial score (nSPS) is 10.5. The van der Waals surface area contributed by atoms with Gasteiger partial charge < -0.3 is 10.6 Å². The molecule has 0 saturated heterocycles. The molecule has 2 N–H and O–H groups in total. The molecule has 0 aliphatic rings. The van der Waals surface area contributed by atoms with Gasteiger partial charge in [0.1, 0.15) is 18.0 Å². The van der Waals surface area contributed by atoms with Crippen molar-refractivity contribution in [1.82, 2.24) is 15.0 Å². The van der Waals surface area contributed by atoms with Gasteiger partial charge in [0.15, 0.2) is 0 Å². The lowest BCUT2D eigenvalue weighted by molar-refractivity contribution is -0.384. The molecule has 9 nitrogen and oxygen atoms in total. The Kier molecular flexibility index (Phi) is 4.77. The number of nitrogens with zero attached hydrogens (tertiary/aromatic N) is 4. The van der Waals surface area contributed by atoms with Crippen LogP contribution in [0.4, 0.5) is 23.0 Å². The molecule has 142 valence electrons. The average Bonchev–Trinajstić information content (AvgIpc) is 2.75. The Labute approximate surface area is 164 Å². The van der Waals surface area contributed by atoms with Crippen molar-refractivity contribution in [1.29, 1.82) is 0 Å². The molecule has 2 heterocycles. The number of anilines is 3. The quantitative estimate of drug-likeness (QED) is 0.393. The molecule has 0 atom stereocenters. The molecule has 9 heteroatoms. The van der Waals surface area contributed by atoms with Crippen molar-refractivity contribution in [2.75, 3.05) is 10.6 Å². The number of carbonyl (C=O) groups is 1. The van der Waals surface area contributed by atoms with Crippen molar-refractivity contribution in [2.45, 2.75) is 0 Å². The first kappa shape index (κ1) is 18.0. The summed E-state index contributed by atoms with van der Waals surface area (Å²) in [4.78, 5) is 35.3. The van der Waals surface area contributed by atoms with Crippen molar-refractivity contribution < 1.29 is 9.72 Å². The highest BCUT2D eigenvalue weighted by Crippen LogP contribution is 2.26. The van der Waals surface area contributed by atoms with E-state index in [-0.39, 0.29) is 11.6 Å². The van der Waals surface area contributed by atoms with Gasteiger partial charge in [-0.15, -0.1) is 0 Å². The number of non-ortho nitro benzene ring substituents is 1. The molecule has 2 aromatic heterocycles. The van der Waals surface area contributed by atoms with Crippen LogP contribution in [0.15, 0.2) is 73.2 Å². The van der Waals surface area contributed by atoms with Gasteiger partial charge in [-0.25, -0.2) is 15.0 Å². The fourth-order valence-electron chi connectivity index (χ4n) is 2.72. The smallest absolute Gasteiger partial charge is 0.270 e. The lowest BCUT2D eigenvalue weighted by Crippen LogP contribution is -2.12. The second kappa shape index (κ2) is 7.69. The minimum Gasteiger partial charge on any atom is -0.340 e. The Bertz CT molecular complexity index is 1200. The SMILES string of the molecule is O=C(Nc1ccccn1)c1ccc(Nc2ncnc3ccc([N+](=O)[O-])cc23)cc1. The van der Waals surface area contributed by atoms with Gasteiger partial charge in [-0.1, -0.05) is 6.07 Å². The number of hydrogen-bond donors (Lipinski definition) is 2. The molecular formula is C20H14N6O3. The second-order valence-corrected chi connectivity index (χ2v) is 6.05. The maximum absolute atomic E-state index is 12.3. The van der Waals surface area contributed by atoms with Crippen LogP contribution in [0.2, 0.25) is 0 Å². The highest BCUT2D eigenvalue weighted by molar-refractivity contribution is 6.04. The number of amides is 1. The Balaban J connectivity index is 1.55. The van der Waals surface area contributed by atoms with Crippen molar-refractivity contribution in [3.63, 3.8) is 0 Å². The molecule has 0 fully saturated rings. The van der Waals surface area contributed by atoms with Crippen LogP contribution in [0.1, 0.15) is 10.4 Å². The first-order valence-corrected chi connectivity index (χ1v) is 8.59. The Morgan fingerprint density at radius 1 is 0.966 bits per heavy atom. The molecule has 0 saturated carbocycles. The number of pyridine rings is 1. The van der Waals surface area contributed by atoms with Crippen molar-refractivity contribution >= 4 is 39.8 Å². The lowest BCUT2D eigenvalue weighted by atomic mass is 10.1. The van der Waals surface area contributed by atoms with Crippen LogP contribution in [-0.4, -0.2) is 25.8 Å². The van der Waals surface area contributed by atoms with Gasteiger partial charge >= 0.3 is 0 Å². The standard InChI is InChI=1S/C20H14N6O3/c27-20(25-18-3-1-2-10-21-18)13-4-6-14(7-5-13)24-19-16-11-15(26(28)29)8-9-17(16)22-12-23-19/h1-12H,(H,21,25,27)(H,22,23,24). The van der Waals surface area contributed by atoms with Crippen LogP contribution in [0.3, 0.4) is 0 Å². The Morgan fingerprint density at radius 3 is 2.52 bits per heavy atom. The highest BCUT2D eigenvalue weighted by atomic mass is 16.6. The Hall–Kier alpha value is -4.40. The molecule has 0 bridgehead atoms. The number of carbonyl (C=O) groups excluding carboxylic acids is 1. The van der Waals surface area contributed by atoms with Gasteiger partial charge in [-0.2, -0.15) is 0 Å². The maximum Gasteiger partial charge on any atom is 0.270 e. The summed E-state index contributed by atoms with van der Waals surface area (Å²) in [6.07, 6.45) is 2.98. The number of hydrogen-bond acceptors (Lipinski definition) is 7. The fraction of sp³-hybridized carbons (Fsp3) is 0. The van der Waals surface area contributed by atoms with Crippen LogP contribution >= 0.6 is 0 Å². The molecule has 4 aromatic rings. The number of fused-ring (bicyclic) bond motifs is 1. The van der Waals surface area contributed by atoms with Crippen molar-refractivity contribution in [3.8, 4) is 0 Å². The summed E-state index contributed by atoms with van der Waals surface area (Å²) in [5.41, 5.74) is 1.67. The zero-order chi connectivity index (χ0) is 20.2. The summed E-state index contributed by atoms with van der Waals surface area (Å²) in [7, 11) is 0. The van der Waals surface area contributed by atoms with Crippen LogP contribution in [-0.2, 0) is 0 Å². The van der Waals surface area contributed by atoms with E-state index in [1.165, 1.54) is 18.5 Å². The zero-order valence-electron chi connectivity index (χ0n) is 14.9. The van der Waals surface area contributed by atoms with E-state index in [2.05, 4.69) is 25.6 Å². The van der Waals surface area contributed by atoms with Gasteiger partial charge in [-0.05, 0) is 42.5 Å². The van der Waals surface area contributed by atoms with Crippen molar-refractivity contribution in [3.05, 3.63) is 88.9 Å². The molecule has 0 spiro atoms. The summed E-state index contributed by atoms with van der Waals surface area (Å²) < 4.78 is 0. The summed E-state index contributed by atoms with van der Waals surface area (Å²) in [5, 5.41) is 17.4. The number of rotatable bonds is 5. The minimum atomic E-state index is -0.467. The van der Waals surface area contributed by atoms with Crippen LogP contribution in [0.25, 0.3) is 10.9 Å². The summed E-state index contributed by atoms with van der Waals surface area (Å²) >= 11 is 0. The first-order chi connectivity index (χ1) is 14.1. The Morgan fingerprint density at radius 2 is 1.79 bits per heavy atom. The highest BCUT2D eigenvalue weighted by Gasteiger charge is 2.11. The van der Waals surface area contributed by atoms with E-state index < -0.39 is 4.92 Å². The number of benzene rings is 2. The second-order valence-electron chi connectivity index (χ2n) is 6.05. The predicted octanol–water partition coefficient (Wildman–Crippen LogP) is 3.93. The number of aromatic nitrogens is 3. The molecular weight excluding hydrogens is 372 g/mol. The molecule has 1 amide bonds. The molecule has 0 aliphatic heterocycles. The minimum absolute atomic E-state index is 0.0445. The number of nitrogens with one attached hydrogen (secondary N) is 2. The molecule has 29 heavy (non-hydrogen) atoms. The van der Waals surface area contributed by atoms with E-state index in [4.69, 9.17) is 0 Å². The summed E-state index contributed by atoms with van der Waals surface area (Å²) in [6.45, 7) is 0. The van der Waals surface area contributed by atoms with Gasteiger partial charge in [-0.3, -0.25) is 14.9 Å². The van der Waals surface area contributed by atoms with Crippen LogP contribution in [0, 0.1) is 10.1 Å². The fourth-order valence-corrected chi connectivity index (χ4v) is 2.72. The molecule has 0 radical (unpaired) electrons. The van der Waals surface area contributed by atoms with E-state index in [1.54, 1.807) is 54.7 Å². The van der Waals surface area contributed by atoms with Gasteiger partial charge in [0.2, 0.25) is 0 Å². The summed E-state index contributed by atoms with van der Waals surface area (Å²) in [5.74, 6) is 0.622. The third-order valence-electron chi connectivity index (χ3n) is 4.15. The lowest BCUT2D eigenvalue weighted by Gasteiger charge is -2.09. The van der Waals surface area contributed by atoms with E-state index >= 15 is 0 Å². The topological polar surface area (TPSA) is 123 Å². The third-order valence-corrected chi connectivity index (χ3v) is 4.15. The van der Waals surface area contributed by atoms with Gasteiger partial charge in [0.05, 0.1) is 10.4 Å². The van der Waals surface area contributed by atoms with Crippen LogP contribution in [0.5, 0.6) is 0 Å². The zero-order valence-corrected chi connectivity index (χ0v) is 14.9. The first-order valence-electron chi connectivity index (χ1n) is 8.59. The van der Waals surface area contributed by atoms with E-state index in [0.29, 0.717) is 33.8 Å². The summed E-state index contributed by atoms with van der Waals surface area (Å²) in [6, 6.07) is 16.4. The van der Waals surface area contributed by atoms with Crippen LogP contribution < -0.4 is 10.6 Å². The van der Waals surface area contributed by atoms with E-state index in [0.717, 1.165) is 0 Å². The maximum atomic E-state index is 12.3. The van der Waals surface area contributed by atoms with E-state index in [1.807, 2.05) is 0 Å². The number of nitro benzene ring substituents is 1. The van der Waals surface area contributed by atoms with Gasteiger partial charge in [0, 0.05) is 35.0 Å². The molecule has 4 rings (SSSR count). The van der Waals surface area contributed by atoms with Gasteiger partial charge in [0.25, 0.3) is 11.6 Å². The number of nitro groups is 1. The monoisotopic (exact) mass is 386 g/mol. The molecule has 2 aromatic carbocycles. The molecule has 0 unspecified atom stereocenters. The van der Waals surface area contributed by atoms with E-state index in [9.17, 15) is 14.9 Å². The predicted molar refractivity (Wildman–Crippen MR) is 108 cm³/mol. The van der Waals surface area contributed by atoms with Crippen molar-refractivity contribution in [2.24, 2.45) is 0 Å².